The van der Waals surface area contributed by atoms with Crippen LogP contribution in [0.5, 0.6) is 11.5 Å². The lowest BCUT2D eigenvalue weighted by Crippen LogP contribution is -2.51. The van der Waals surface area contributed by atoms with Gasteiger partial charge < -0.3 is 24.0 Å². The topological polar surface area (TPSA) is 111 Å². The van der Waals surface area contributed by atoms with Crippen LogP contribution in [0, 0.1) is 10.1 Å². The molecule has 176 valence electrons. The van der Waals surface area contributed by atoms with E-state index in [2.05, 4.69) is 4.90 Å². The lowest BCUT2D eigenvalue weighted by molar-refractivity contribution is -0.385. The highest BCUT2D eigenvalue weighted by Gasteiger charge is 2.31. The van der Waals surface area contributed by atoms with E-state index >= 15 is 0 Å². The average molecular weight is 457 g/mol. The largest absolute Gasteiger partial charge is 0.493 e. The van der Waals surface area contributed by atoms with Gasteiger partial charge in [0.15, 0.2) is 17.6 Å². The number of nitrogens with zero attached hydrogens (tertiary/aromatic N) is 3. The quantitative estimate of drug-likeness (QED) is 0.338. The lowest BCUT2D eigenvalue weighted by Gasteiger charge is -2.37. The van der Waals surface area contributed by atoms with Crippen LogP contribution < -0.4 is 14.4 Å². The van der Waals surface area contributed by atoms with Crippen molar-refractivity contribution in [3.05, 3.63) is 58.1 Å². The minimum absolute atomic E-state index is 0.142. The first-order valence-corrected chi connectivity index (χ1v) is 10.6. The number of anilines is 1. The SMILES string of the molecule is CCOc1cc([N+](=O)[O-])c(C(=O)OC(C)C(=O)N2CCN(c3ccccc3)CC2)cc1OC. The van der Waals surface area contributed by atoms with Crippen LogP contribution in [0.2, 0.25) is 0 Å². The number of carbonyl (C=O) groups excluding carboxylic acids is 2. The van der Waals surface area contributed by atoms with Crippen LogP contribution in [-0.4, -0.2) is 67.7 Å². The Kier molecular flexibility index (Phi) is 7.70. The molecule has 1 heterocycles. The number of para-hydroxylation sites is 1. The number of nitro benzene ring substituents is 1. The van der Waals surface area contributed by atoms with E-state index in [1.165, 1.54) is 20.1 Å². The van der Waals surface area contributed by atoms with E-state index < -0.39 is 22.7 Å². The number of hydrogen-bond donors (Lipinski definition) is 0. The molecule has 0 aromatic heterocycles. The second kappa shape index (κ2) is 10.7. The first kappa shape index (κ1) is 23.8. The van der Waals surface area contributed by atoms with E-state index in [0.717, 1.165) is 11.8 Å². The van der Waals surface area contributed by atoms with Gasteiger partial charge in [0.1, 0.15) is 5.56 Å². The third-order valence-corrected chi connectivity index (χ3v) is 5.34. The summed E-state index contributed by atoms with van der Waals surface area (Å²) >= 11 is 0. The standard InChI is InChI=1S/C23H27N3O7/c1-4-32-21-15-19(26(29)30)18(14-20(21)31-3)23(28)33-16(2)22(27)25-12-10-24(11-13-25)17-8-6-5-7-9-17/h5-9,14-16H,4,10-13H2,1-3H3. The van der Waals surface area contributed by atoms with Gasteiger partial charge in [-0.2, -0.15) is 0 Å². The highest BCUT2D eigenvalue weighted by atomic mass is 16.6. The summed E-state index contributed by atoms with van der Waals surface area (Å²) in [6.45, 7) is 5.71. The van der Waals surface area contributed by atoms with E-state index in [4.69, 9.17) is 14.2 Å². The molecule has 0 N–H and O–H groups in total. The Labute approximate surface area is 191 Å². The predicted molar refractivity (Wildman–Crippen MR) is 121 cm³/mol. The molecule has 1 amide bonds. The molecule has 10 heteroatoms. The minimum Gasteiger partial charge on any atom is -0.493 e. The molecule has 1 fully saturated rings. The van der Waals surface area contributed by atoms with Gasteiger partial charge in [0.05, 0.1) is 24.7 Å². The zero-order valence-corrected chi connectivity index (χ0v) is 18.9. The molecule has 2 aromatic rings. The van der Waals surface area contributed by atoms with Crippen LogP contribution in [0.4, 0.5) is 11.4 Å². The van der Waals surface area contributed by atoms with Gasteiger partial charge in [0.25, 0.3) is 11.6 Å². The van der Waals surface area contributed by atoms with Gasteiger partial charge in [0.2, 0.25) is 0 Å². The number of hydrogen-bond acceptors (Lipinski definition) is 8. The zero-order chi connectivity index (χ0) is 24.0. The number of carbonyl (C=O) groups is 2. The Balaban J connectivity index is 1.67. The number of methoxy groups -OCH3 is 1. The van der Waals surface area contributed by atoms with Gasteiger partial charge in [-0.25, -0.2) is 4.79 Å². The van der Waals surface area contributed by atoms with Gasteiger partial charge in [-0.05, 0) is 26.0 Å². The molecule has 10 nitrogen and oxygen atoms in total. The molecule has 0 bridgehead atoms. The molecule has 1 aliphatic heterocycles. The maximum absolute atomic E-state index is 12.8. The number of nitro groups is 1. The van der Waals surface area contributed by atoms with Crippen LogP contribution >= 0.6 is 0 Å². The molecule has 0 spiro atoms. The highest BCUT2D eigenvalue weighted by molar-refractivity contribution is 5.96. The second-order valence-electron chi connectivity index (χ2n) is 7.41. The van der Waals surface area contributed by atoms with Crippen molar-refractivity contribution in [1.82, 2.24) is 4.90 Å². The van der Waals surface area contributed by atoms with Crippen LogP contribution in [0.1, 0.15) is 24.2 Å². The number of rotatable bonds is 8. The monoisotopic (exact) mass is 457 g/mol. The Hall–Kier alpha value is -3.82. The third-order valence-electron chi connectivity index (χ3n) is 5.34. The molecule has 0 radical (unpaired) electrons. The fourth-order valence-corrected chi connectivity index (χ4v) is 3.65. The van der Waals surface area contributed by atoms with Gasteiger partial charge in [-0.1, -0.05) is 18.2 Å². The molecule has 1 unspecified atom stereocenters. The summed E-state index contributed by atoms with van der Waals surface area (Å²) in [7, 11) is 1.36. The van der Waals surface area contributed by atoms with Crippen molar-refractivity contribution in [1.29, 1.82) is 0 Å². The van der Waals surface area contributed by atoms with Gasteiger partial charge in [-0.3, -0.25) is 14.9 Å². The van der Waals surface area contributed by atoms with Crippen LogP contribution in [0.3, 0.4) is 0 Å². The van der Waals surface area contributed by atoms with Crippen LogP contribution in [0.25, 0.3) is 0 Å². The van der Waals surface area contributed by atoms with E-state index in [9.17, 15) is 19.7 Å². The van der Waals surface area contributed by atoms with Gasteiger partial charge >= 0.3 is 5.97 Å². The molecule has 1 atom stereocenters. The predicted octanol–water partition coefficient (Wildman–Crippen LogP) is 2.90. The van der Waals surface area contributed by atoms with E-state index in [1.54, 1.807) is 11.8 Å². The van der Waals surface area contributed by atoms with E-state index in [1.807, 2.05) is 30.3 Å². The molecule has 1 saturated heterocycles. The molecule has 0 aliphatic carbocycles. The summed E-state index contributed by atoms with van der Waals surface area (Å²) in [5.74, 6) is -1.03. The van der Waals surface area contributed by atoms with Crippen LogP contribution in [-0.2, 0) is 9.53 Å². The molecular formula is C23H27N3O7. The van der Waals surface area contributed by atoms with Crippen molar-refractivity contribution >= 4 is 23.3 Å². The summed E-state index contributed by atoms with van der Waals surface area (Å²) in [5, 5.41) is 11.5. The Bertz CT molecular complexity index is 1000. The maximum atomic E-state index is 12.8. The summed E-state index contributed by atoms with van der Waals surface area (Å²) in [5.41, 5.74) is 0.287. The number of amides is 1. The summed E-state index contributed by atoms with van der Waals surface area (Å²) in [4.78, 5) is 40.2. The lowest BCUT2D eigenvalue weighted by atomic mass is 10.1. The molecule has 33 heavy (non-hydrogen) atoms. The normalized spacial score (nSPS) is 14.4. The maximum Gasteiger partial charge on any atom is 0.346 e. The summed E-state index contributed by atoms with van der Waals surface area (Å²) < 4.78 is 15.8. The summed E-state index contributed by atoms with van der Waals surface area (Å²) in [6, 6.07) is 12.2. The van der Waals surface area contributed by atoms with Crippen molar-refractivity contribution in [3.63, 3.8) is 0 Å². The third kappa shape index (κ3) is 5.51. The average Bonchev–Trinajstić information content (AvgIpc) is 2.84. The van der Waals surface area contributed by atoms with Crippen molar-refractivity contribution in [2.75, 3.05) is 44.8 Å². The van der Waals surface area contributed by atoms with Crippen LogP contribution in [0.15, 0.2) is 42.5 Å². The highest BCUT2D eigenvalue weighted by Crippen LogP contribution is 2.35. The number of esters is 1. The molecule has 3 rings (SSSR count). The smallest absolute Gasteiger partial charge is 0.346 e. The molecule has 0 saturated carbocycles. The molecule has 2 aromatic carbocycles. The van der Waals surface area contributed by atoms with Crippen molar-refractivity contribution in [2.45, 2.75) is 20.0 Å². The van der Waals surface area contributed by atoms with Crippen molar-refractivity contribution < 1.29 is 28.7 Å². The molecular weight excluding hydrogens is 430 g/mol. The van der Waals surface area contributed by atoms with Gasteiger partial charge in [0, 0.05) is 37.9 Å². The van der Waals surface area contributed by atoms with Gasteiger partial charge in [-0.15, -0.1) is 0 Å². The van der Waals surface area contributed by atoms with E-state index in [0.29, 0.717) is 26.2 Å². The van der Waals surface area contributed by atoms with Crippen molar-refractivity contribution in [3.8, 4) is 11.5 Å². The first-order chi connectivity index (χ1) is 15.8. The fraction of sp³-hybridized carbons (Fsp3) is 0.391. The second-order valence-corrected chi connectivity index (χ2v) is 7.41. The molecule has 1 aliphatic rings. The summed E-state index contributed by atoms with van der Waals surface area (Å²) in [6.07, 6.45) is -1.10. The Morgan fingerprint density at radius 1 is 1.09 bits per heavy atom. The Morgan fingerprint density at radius 2 is 1.76 bits per heavy atom. The first-order valence-electron chi connectivity index (χ1n) is 10.6. The zero-order valence-electron chi connectivity index (χ0n) is 18.9. The minimum atomic E-state index is -1.10. The van der Waals surface area contributed by atoms with Crippen molar-refractivity contribution in [2.24, 2.45) is 0 Å². The number of ether oxygens (including phenoxy) is 3. The number of benzene rings is 2. The van der Waals surface area contributed by atoms with E-state index in [-0.39, 0.29) is 29.6 Å². The Morgan fingerprint density at radius 3 is 2.33 bits per heavy atom. The number of piperazine rings is 1. The fourth-order valence-electron chi connectivity index (χ4n) is 3.65.